The number of aromatic carboxylic acids is 1. The number of nitrogens with zero attached hydrogens (tertiary/aromatic N) is 3. The van der Waals surface area contributed by atoms with E-state index in [1.807, 2.05) is 0 Å². The number of fused-ring (bicyclic) bond motifs is 1. The first-order chi connectivity index (χ1) is 9.16. The number of carboxylic acids is 1. The quantitative estimate of drug-likeness (QED) is 0.850. The lowest BCUT2D eigenvalue weighted by Crippen LogP contribution is -2.22. The molecule has 0 bridgehead atoms. The average molecular weight is 258 g/mol. The summed E-state index contributed by atoms with van der Waals surface area (Å²) < 4.78 is 1.78. The molecule has 0 amide bonds. The molecule has 2 heterocycles. The Bertz CT molecular complexity index is 635. The number of hydrogen-bond donors (Lipinski definition) is 2. The van der Waals surface area contributed by atoms with Gasteiger partial charge in [-0.2, -0.15) is 5.10 Å². The van der Waals surface area contributed by atoms with Crippen molar-refractivity contribution < 1.29 is 9.90 Å². The summed E-state index contributed by atoms with van der Waals surface area (Å²) in [7, 11) is 0. The van der Waals surface area contributed by atoms with Gasteiger partial charge in [0.05, 0.1) is 11.6 Å². The maximum absolute atomic E-state index is 11.2. The second-order valence-corrected chi connectivity index (χ2v) is 4.62. The zero-order valence-corrected chi connectivity index (χ0v) is 10.3. The highest BCUT2D eigenvalue weighted by Crippen LogP contribution is 2.26. The molecular formula is C13H14N4O2. The highest BCUT2D eigenvalue weighted by molar-refractivity contribution is 5.94. The van der Waals surface area contributed by atoms with Gasteiger partial charge in [0.2, 0.25) is 0 Å². The van der Waals surface area contributed by atoms with Gasteiger partial charge in [0.1, 0.15) is 5.82 Å². The first kappa shape index (κ1) is 11.9. The van der Waals surface area contributed by atoms with Gasteiger partial charge in [-0.05, 0) is 18.9 Å². The van der Waals surface area contributed by atoms with Crippen LogP contribution in [0.25, 0.3) is 11.4 Å². The van der Waals surface area contributed by atoms with Gasteiger partial charge in [0.25, 0.3) is 0 Å². The third-order valence-corrected chi connectivity index (χ3v) is 3.32. The minimum atomic E-state index is -0.979. The normalized spacial score (nSPS) is 18.1. The van der Waals surface area contributed by atoms with Crippen molar-refractivity contribution in [1.82, 2.24) is 14.8 Å². The molecule has 1 aromatic carbocycles. The second kappa shape index (κ2) is 4.47. The molecule has 98 valence electrons. The van der Waals surface area contributed by atoms with Crippen LogP contribution in [0.4, 0.5) is 0 Å². The third kappa shape index (κ3) is 2.00. The molecule has 6 nitrogen and oxygen atoms in total. The summed E-state index contributed by atoms with van der Waals surface area (Å²) in [6, 6.07) is 6.62. The van der Waals surface area contributed by atoms with Gasteiger partial charge in [-0.1, -0.05) is 18.2 Å². The van der Waals surface area contributed by atoms with Crippen LogP contribution in [-0.2, 0) is 6.54 Å². The van der Waals surface area contributed by atoms with E-state index in [2.05, 4.69) is 10.1 Å². The molecule has 1 aliphatic heterocycles. The Morgan fingerprint density at radius 1 is 1.42 bits per heavy atom. The number of hydrogen-bond acceptors (Lipinski definition) is 4. The molecule has 0 saturated carbocycles. The van der Waals surface area contributed by atoms with Crippen LogP contribution in [0.1, 0.15) is 35.1 Å². The molecule has 1 aliphatic rings. The van der Waals surface area contributed by atoms with Crippen LogP contribution in [0, 0.1) is 0 Å². The number of carbonyl (C=O) groups is 1. The Labute approximate surface area is 109 Å². The fourth-order valence-electron chi connectivity index (χ4n) is 2.36. The lowest BCUT2D eigenvalue weighted by atomic mass is 10.1. The smallest absolute Gasteiger partial charge is 0.336 e. The summed E-state index contributed by atoms with van der Waals surface area (Å²) in [6.07, 6.45) is 1.86. The van der Waals surface area contributed by atoms with Crippen LogP contribution in [0.5, 0.6) is 0 Å². The van der Waals surface area contributed by atoms with E-state index in [-0.39, 0.29) is 11.6 Å². The predicted molar refractivity (Wildman–Crippen MR) is 68.6 cm³/mol. The standard InChI is InChI=1S/C13H14N4O2/c14-10-6-3-7-17-12(10)15-11(16-17)8-4-1-2-5-9(8)13(18)19/h1-2,4-5,10H,3,6-7,14H2,(H,18,19). The zero-order valence-electron chi connectivity index (χ0n) is 10.3. The molecule has 1 unspecified atom stereocenters. The molecule has 19 heavy (non-hydrogen) atoms. The lowest BCUT2D eigenvalue weighted by molar-refractivity contribution is 0.0697. The van der Waals surface area contributed by atoms with Gasteiger partial charge in [0.15, 0.2) is 5.82 Å². The number of rotatable bonds is 2. The minimum Gasteiger partial charge on any atom is -0.478 e. The molecule has 0 radical (unpaired) electrons. The average Bonchev–Trinajstić information content (AvgIpc) is 2.84. The summed E-state index contributed by atoms with van der Waals surface area (Å²) in [4.78, 5) is 15.6. The van der Waals surface area contributed by atoms with E-state index in [1.165, 1.54) is 0 Å². The Morgan fingerprint density at radius 3 is 2.95 bits per heavy atom. The van der Waals surface area contributed by atoms with Gasteiger partial charge >= 0.3 is 5.97 Å². The van der Waals surface area contributed by atoms with Crippen LogP contribution in [0.3, 0.4) is 0 Å². The van der Waals surface area contributed by atoms with Gasteiger partial charge < -0.3 is 10.8 Å². The summed E-state index contributed by atoms with van der Waals surface area (Å²) in [5.41, 5.74) is 6.73. The third-order valence-electron chi connectivity index (χ3n) is 3.32. The van der Waals surface area contributed by atoms with E-state index >= 15 is 0 Å². The SMILES string of the molecule is NC1CCCn2nc(-c3ccccc3C(=O)O)nc21. The fourth-order valence-corrected chi connectivity index (χ4v) is 2.36. The summed E-state index contributed by atoms with van der Waals surface area (Å²) >= 11 is 0. The monoisotopic (exact) mass is 258 g/mol. The number of aryl methyl sites for hydroxylation is 1. The minimum absolute atomic E-state index is 0.119. The number of carboxylic acid groups (broad SMARTS) is 1. The van der Waals surface area contributed by atoms with Gasteiger partial charge in [-0.25, -0.2) is 14.5 Å². The van der Waals surface area contributed by atoms with Crippen LogP contribution in [0.2, 0.25) is 0 Å². The summed E-state index contributed by atoms with van der Waals surface area (Å²) in [5, 5.41) is 13.6. The van der Waals surface area contributed by atoms with Crippen molar-refractivity contribution in [2.45, 2.75) is 25.4 Å². The van der Waals surface area contributed by atoms with Crippen molar-refractivity contribution in [1.29, 1.82) is 0 Å². The number of nitrogens with two attached hydrogens (primary N) is 1. The van der Waals surface area contributed by atoms with E-state index < -0.39 is 5.97 Å². The lowest BCUT2D eigenvalue weighted by Gasteiger charge is -2.17. The van der Waals surface area contributed by atoms with Crippen molar-refractivity contribution in [3.8, 4) is 11.4 Å². The number of benzene rings is 1. The predicted octanol–water partition coefficient (Wildman–Crippen LogP) is 1.44. The van der Waals surface area contributed by atoms with Crippen molar-refractivity contribution in [3.05, 3.63) is 35.7 Å². The molecule has 1 atom stereocenters. The topological polar surface area (TPSA) is 94.0 Å². The maximum Gasteiger partial charge on any atom is 0.336 e. The Balaban J connectivity index is 2.11. The fraction of sp³-hybridized carbons (Fsp3) is 0.308. The molecule has 0 aliphatic carbocycles. The van der Waals surface area contributed by atoms with Crippen molar-refractivity contribution in [2.24, 2.45) is 5.73 Å². The van der Waals surface area contributed by atoms with Crippen molar-refractivity contribution >= 4 is 5.97 Å². The summed E-state index contributed by atoms with van der Waals surface area (Å²) in [6.45, 7) is 0.783. The van der Waals surface area contributed by atoms with E-state index in [0.29, 0.717) is 11.4 Å². The van der Waals surface area contributed by atoms with Gasteiger partial charge in [-0.3, -0.25) is 0 Å². The zero-order chi connectivity index (χ0) is 13.4. The molecule has 6 heteroatoms. The highest BCUT2D eigenvalue weighted by Gasteiger charge is 2.23. The molecular weight excluding hydrogens is 244 g/mol. The molecule has 0 spiro atoms. The highest BCUT2D eigenvalue weighted by atomic mass is 16.4. The van der Waals surface area contributed by atoms with Crippen LogP contribution < -0.4 is 5.73 Å². The van der Waals surface area contributed by atoms with Crippen molar-refractivity contribution in [2.75, 3.05) is 0 Å². The Morgan fingerprint density at radius 2 is 2.21 bits per heavy atom. The van der Waals surface area contributed by atoms with Crippen LogP contribution in [0.15, 0.2) is 24.3 Å². The van der Waals surface area contributed by atoms with E-state index in [9.17, 15) is 9.90 Å². The number of aromatic nitrogens is 3. The van der Waals surface area contributed by atoms with Crippen LogP contribution in [-0.4, -0.2) is 25.8 Å². The van der Waals surface area contributed by atoms with Gasteiger partial charge in [-0.15, -0.1) is 0 Å². The summed E-state index contributed by atoms with van der Waals surface area (Å²) in [5.74, 6) is 0.194. The van der Waals surface area contributed by atoms with Gasteiger partial charge in [0, 0.05) is 12.1 Å². The first-order valence-corrected chi connectivity index (χ1v) is 6.20. The first-order valence-electron chi connectivity index (χ1n) is 6.20. The van der Waals surface area contributed by atoms with Crippen molar-refractivity contribution in [3.63, 3.8) is 0 Å². The second-order valence-electron chi connectivity index (χ2n) is 4.62. The molecule has 2 aromatic rings. The Kier molecular flexibility index (Phi) is 2.79. The molecule has 3 rings (SSSR count). The van der Waals surface area contributed by atoms with E-state index in [1.54, 1.807) is 28.9 Å². The van der Waals surface area contributed by atoms with E-state index in [4.69, 9.17) is 5.73 Å². The maximum atomic E-state index is 11.2. The molecule has 0 fully saturated rings. The molecule has 3 N–H and O–H groups in total. The molecule has 0 saturated heterocycles. The Hall–Kier alpha value is -2.21. The largest absolute Gasteiger partial charge is 0.478 e. The van der Waals surface area contributed by atoms with E-state index in [0.717, 1.165) is 25.2 Å². The van der Waals surface area contributed by atoms with Crippen LogP contribution >= 0.6 is 0 Å². The molecule has 1 aromatic heterocycles.